The molecular formula is C26H24Br2N3O7S+. The Kier molecular flexibility index (Phi) is 9.15. The summed E-state index contributed by atoms with van der Waals surface area (Å²) in [5.41, 5.74) is 1.54. The molecule has 0 aliphatic carbocycles. The van der Waals surface area contributed by atoms with E-state index in [2.05, 4.69) is 31.9 Å². The number of halogens is 2. The summed E-state index contributed by atoms with van der Waals surface area (Å²) in [4.78, 5) is 37.5. The number of rotatable bonds is 9. The van der Waals surface area contributed by atoms with Crippen LogP contribution in [0.25, 0.3) is 0 Å². The summed E-state index contributed by atoms with van der Waals surface area (Å²) in [6.45, 7) is 0.783. The van der Waals surface area contributed by atoms with Gasteiger partial charge in [-0.25, -0.2) is 13.6 Å². The van der Waals surface area contributed by atoms with Crippen molar-refractivity contribution in [3.63, 3.8) is 0 Å². The topological polar surface area (TPSA) is 124 Å². The highest BCUT2D eigenvalue weighted by atomic mass is 79.9. The van der Waals surface area contributed by atoms with E-state index in [9.17, 15) is 22.9 Å². The van der Waals surface area contributed by atoms with Gasteiger partial charge >= 0.3 is 5.69 Å². The van der Waals surface area contributed by atoms with Crippen molar-refractivity contribution in [1.29, 1.82) is 0 Å². The number of ketones is 1. The minimum Gasteiger partial charge on any atom is -0.488 e. The fourth-order valence-corrected chi connectivity index (χ4v) is 6.17. The molecule has 1 aliphatic heterocycles. The smallest absolute Gasteiger partial charge is 0.317 e. The molecule has 0 bridgehead atoms. The number of hydrogen-bond donors (Lipinski definition) is 1. The molecule has 1 fully saturated rings. The normalized spacial score (nSPS) is 14.2. The lowest BCUT2D eigenvalue weighted by atomic mass is 10.1. The largest absolute Gasteiger partial charge is 0.488 e. The molecule has 10 nitrogen and oxygen atoms in total. The van der Waals surface area contributed by atoms with Crippen molar-refractivity contribution in [2.45, 2.75) is 11.5 Å². The number of amides is 1. The molecule has 0 aromatic heterocycles. The van der Waals surface area contributed by atoms with Gasteiger partial charge in [0.1, 0.15) is 12.4 Å². The van der Waals surface area contributed by atoms with Crippen LogP contribution in [0.4, 0.5) is 5.69 Å². The van der Waals surface area contributed by atoms with Crippen LogP contribution in [0.1, 0.15) is 26.3 Å². The molecule has 39 heavy (non-hydrogen) atoms. The van der Waals surface area contributed by atoms with Crippen molar-refractivity contribution >= 4 is 59.3 Å². The molecule has 1 aliphatic rings. The fourth-order valence-electron chi connectivity index (χ4n) is 4.05. The molecule has 0 unspecified atom stereocenters. The zero-order valence-electron chi connectivity index (χ0n) is 20.5. The van der Waals surface area contributed by atoms with Crippen LogP contribution in [0, 0.1) is 4.91 Å². The third-order valence-corrected chi connectivity index (χ3v) is 9.06. The van der Waals surface area contributed by atoms with Crippen LogP contribution >= 0.6 is 31.9 Å². The van der Waals surface area contributed by atoms with Crippen molar-refractivity contribution in [3.05, 3.63) is 92.8 Å². The summed E-state index contributed by atoms with van der Waals surface area (Å²) >= 11 is 6.55. The number of carbonyl (C=O) groups excluding carboxylic acids is 2. The third kappa shape index (κ3) is 6.72. The van der Waals surface area contributed by atoms with Crippen LogP contribution in [-0.2, 0) is 16.6 Å². The van der Waals surface area contributed by atoms with Crippen LogP contribution in [0.3, 0.4) is 0 Å². The lowest BCUT2D eigenvalue weighted by Crippen LogP contribution is -2.50. The molecule has 13 heteroatoms. The number of carbonyl (C=O) groups is 2. The number of hydrogen-bond acceptors (Lipinski definition) is 6. The molecule has 204 valence electrons. The van der Waals surface area contributed by atoms with Crippen molar-refractivity contribution in [1.82, 2.24) is 9.21 Å². The van der Waals surface area contributed by atoms with Gasteiger partial charge in [-0.3, -0.25) is 9.59 Å². The first-order valence-corrected chi connectivity index (χ1v) is 15.1. The number of Topliss-reactive ketones (excluding diaryl/α,β-unsaturated/α-hetero) is 1. The Balaban J connectivity index is 1.36. The third-order valence-electron chi connectivity index (χ3n) is 6.16. The lowest BCUT2D eigenvalue weighted by Gasteiger charge is -2.34. The second-order valence-corrected chi connectivity index (χ2v) is 12.1. The predicted octanol–water partition coefficient (Wildman–Crippen LogP) is 4.55. The van der Waals surface area contributed by atoms with E-state index in [4.69, 9.17) is 9.94 Å². The van der Waals surface area contributed by atoms with Gasteiger partial charge in [0, 0.05) is 48.3 Å². The molecule has 3 aromatic rings. The molecule has 1 heterocycles. The Labute approximate surface area is 242 Å². The maximum atomic E-state index is 13.0. The van der Waals surface area contributed by atoms with Crippen molar-refractivity contribution in [3.8, 4) is 5.75 Å². The van der Waals surface area contributed by atoms with E-state index < -0.39 is 14.9 Å². The summed E-state index contributed by atoms with van der Waals surface area (Å²) in [5.74, 6) is 0.138. The van der Waals surface area contributed by atoms with Crippen LogP contribution in [0.15, 0.2) is 76.1 Å². The number of ether oxygens (including phenoxy) is 1. The molecule has 0 saturated carbocycles. The summed E-state index contributed by atoms with van der Waals surface area (Å²) in [7, 11) is -3.90. The van der Waals surface area contributed by atoms with Gasteiger partial charge in [-0.15, -0.1) is 0 Å². The Morgan fingerprint density at radius 3 is 2.31 bits per heavy atom. The first-order valence-electron chi connectivity index (χ1n) is 11.8. The quantitative estimate of drug-likeness (QED) is 0.200. The molecule has 4 rings (SSSR count). The van der Waals surface area contributed by atoms with Crippen molar-refractivity contribution < 1.29 is 32.9 Å². The Morgan fingerprint density at radius 1 is 0.974 bits per heavy atom. The van der Waals surface area contributed by atoms with Crippen LogP contribution < -0.4 is 4.74 Å². The highest BCUT2D eigenvalue weighted by molar-refractivity contribution is 9.10. The number of sulfonamides is 1. The molecule has 0 spiro atoms. The summed E-state index contributed by atoms with van der Waals surface area (Å²) in [6.07, 6.45) is 0. The number of benzene rings is 3. The molecule has 1 amide bonds. The van der Waals surface area contributed by atoms with Crippen molar-refractivity contribution in [2.24, 2.45) is 0 Å². The first kappa shape index (κ1) is 28.9. The average molecular weight is 682 g/mol. The number of piperazine rings is 1. The summed E-state index contributed by atoms with van der Waals surface area (Å²) < 4.78 is 33.9. The molecule has 0 radical (unpaired) electrons. The minimum absolute atomic E-state index is 0.0904. The van der Waals surface area contributed by atoms with Crippen LogP contribution in [-0.4, -0.2) is 71.0 Å². The SMILES string of the molecule is O=C(CBr)c1cc(Br)ccc1OCc1ccc(C(=O)N2CCN(S(=O)(=O)c3cccc([N+](=O)O)c3)CC2)cc1. The van der Waals surface area contributed by atoms with Gasteiger partial charge < -0.3 is 9.64 Å². The molecule has 0 atom stereocenters. The molecule has 3 aromatic carbocycles. The summed E-state index contributed by atoms with van der Waals surface area (Å²) in [6, 6.07) is 17.2. The van der Waals surface area contributed by atoms with Gasteiger partial charge in [-0.1, -0.05) is 50.1 Å². The summed E-state index contributed by atoms with van der Waals surface area (Å²) in [5, 5.41) is 9.25. The van der Waals surface area contributed by atoms with E-state index in [1.165, 1.54) is 22.5 Å². The van der Waals surface area contributed by atoms with E-state index in [0.29, 0.717) is 16.9 Å². The monoisotopic (exact) mass is 680 g/mol. The van der Waals surface area contributed by atoms with Crippen molar-refractivity contribution in [2.75, 3.05) is 31.5 Å². The lowest BCUT2D eigenvalue weighted by molar-refractivity contribution is -0.729. The zero-order chi connectivity index (χ0) is 28.2. The minimum atomic E-state index is -3.90. The van der Waals surface area contributed by atoms with Gasteiger partial charge in [-0.05, 0) is 42.0 Å². The first-order chi connectivity index (χ1) is 18.6. The highest BCUT2D eigenvalue weighted by Gasteiger charge is 2.31. The van der Waals surface area contributed by atoms with Gasteiger partial charge in [-0.2, -0.15) is 4.31 Å². The maximum Gasteiger partial charge on any atom is 0.317 e. The Bertz CT molecular complexity index is 1510. The Hall–Kier alpha value is -3.13. The molecular weight excluding hydrogens is 658 g/mol. The molecule has 1 saturated heterocycles. The van der Waals surface area contributed by atoms with Gasteiger partial charge in [0.25, 0.3) is 10.8 Å². The van der Waals surface area contributed by atoms with Gasteiger partial charge in [0.05, 0.1) is 20.7 Å². The Morgan fingerprint density at radius 2 is 1.67 bits per heavy atom. The maximum absolute atomic E-state index is 13.0. The second kappa shape index (κ2) is 12.4. The highest BCUT2D eigenvalue weighted by Crippen LogP contribution is 2.26. The second-order valence-electron chi connectivity index (χ2n) is 8.65. The van der Waals surface area contributed by atoms with Gasteiger partial charge in [0.2, 0.25) is 10.0 Å². The van der Waals surface area contributed by atoms with E-state index >= 15 is 0 Å². The van der Waals surface area contributed by atoms with E-state index in [0.717, 1.165) is 16.1 Å². The zero-order valence-corrected chi connectivity index (χ0v) is 24.5. The molecule has 1 N–H and O–H groups in total. The van der Waals surface area contributed by atoms with Gasteiger partial charge in [0.15, 0.2) is 5.78 Å². The van der Waals surface area contributed by atoms with E-state index in [1.54, 1.807) is 47.4 Å². The van der Waals surface area contributed by atoms with Crippen LogP contribution in [0.2, 0.25) is 0 Å². The van der Waals surface area contributed by atoms with Crippen LogP contribution in [0.5, 0.6) is 5.75 Å². The van der Waals surface area contributed by atoms with E-state index in [1.807, 2.05) is 0 Å². The fraction of sp³-hybridized carbons (Fsp3) is 0.231. The number of alkyl halides is 1. The van der Waals surface area contributed by atoms with E-state index in [-0.39, 0.29) is 60.4 Å². The standard InChI is InChI=1S/C26H24Br2N3O7S/c27-16-24(32)23-14-20(28)8-9-25(23)38-17-18-4-6-19(7-5-18)26(33)29-10-12-30(13-11-29)39(36,37)22-3-1-2-21(15-22)31(34)35/h1-9,14-15H,10-13,16-17H2,(H,34,35)/q+1. The average Bonchev–Trinajstić information content (AvgIpc) is 2.96. The predicted molar refractivity (Wildman–Crippen MR) is 149 cm³/mol. The number of nitrogens with zero attached hydrogens (tertiary/aromatic N) is 3.